The molecule has 0 spiro atoms. The molecule has 0 radical (unpaired) electrons. The largest absolute Gasteiger partial charge is 0.481 e. The number of rotatable bonds is 4. The molecule has 2 aromatic heterocycles. The average Bonchev–Trinajstić information content (AvgIpc) is 2.79. The molecule has 112 valence electrons. The van der Waals surface area contributed by atoms with E-state index < -0.39 is 5.97 Å². The molecule has 1 unspecified atom stereocenters. The highest BCUT2D eigenvalue weighted by Gasteiger charge is 2.23. The van der Waals surface area contributed by atoms with Gasteiger partial charge in [-0.25, -0.2) is 4.98 Å². The molecule has 0 fully saturated rings. The van der Waals surface area contributed by atoms with Gasteiger partial charge < -0.3 is 5.11 Å². The van der Waals surface area contributed by atoms with Gasteiger partial charge in [0.05, 0.1) is 11.7 Å². The summed E-state index contributed by atoms with van der Waals surface area (Å²) in [4.78, 5) is 29.7. The molecular weight excluding hydrogens is 288 g/mol. The van der Waals surface area contributed by atoms with Crippen molar-refractivity contribution in [3.63, 3.8) is 0 Å². The minimum Gasteiger partial charge on any atom is -0.481 e. The first-order chi connectivity index (χ1) is 10.1. The molecule has 2 heterocycles. The number of thiophene rings is 1. The first-order valence-corrected chi connectivity index (χ1v) is 8.09. The first kappa shape index (κ1) is 14.3. The van der Waals surface area contributed by atoms with Crippen molar-refractivity contribution in [2.75, 3.05) is 0 Å². The third kappa shape index (κ3) is 2.72. The SMILES string of the molecule is CC1CCc2c(sc3ncn(CCCC(=O)O)c(=O)c23)C1. The van der Waals surface area contributed by atoms with Gasteiger partial charge in [0.15, 0.2) is 0 Å². The minimum absolute atomic E-state index is 0.0163. The second-order valence-electron chi connectivity index (χ2n) is 5.77. The molecule has 0 aliphatic heterocycles. The van der Waals surface area contributed by atoms with E-state index in [0.717, 1.165) is 29.5 Å². The summed E-state index contributed by atoms with van der Waals surface area (Å²) in [6.45, 7) is 2.65. The van der Waals surface area contributed by atoms with Crippen molar-refractivity contribution in [1.82, 2.24) is 9.55 Å². The third-order valence-corrected chi connectivity index (χ3v) is 5.23. The smallest absolute Gasteiger partial charge is 0.303 e. The molecule has 1 aliphatic rings. The fraction of sp³-hybridized carbons (Fsp3) is 0.533. The van der Waals surface area contributed by atoms with Crippen molar-refractivity contribution in [1.29, 1.82) is 0 Å². The summed E-state index contributed by atoms with van der Waals surface area (Å²) in [6.07, 6.45) is 5.18. The van der Waals surface area contributed by atoms with E-state index in [0.29, 0.717) is 18.9 Å². The highest BCUT2D eigenvalue weighted by Crippen LogP contribution is 2.35. The number of aromatic nitrogens is 2. The van der Waals surface area contributed by atoms with Crippen LogP contribution < -0.4 is 5.56 Å². The first-order valence-electron chi connectivity index (χ1n) is 7.27. The predicted molar refractivity (Wildman–Crippen MR) is 81.9 cm³/mol. The molecule has 0 bridgehead atoms. The Hall–Kier alpha value is -1.69. The van der Waals surface area contributed by atoms with Crippen molar-refractivity contribution < 1.29 is 9.90 Å². The topological polar surface area (TPSA) is 72.2 Å². The molecule has 1 atom stereocenters. The van der Waals surface area contributed by atoms with Crippen LogP contribution in [0, 0.1) is 5.92 Å². The van der Waals surface area contributed by atoms with E-state index in [-0.39, 0.29) is 12.0 Å². The average molecular weight is 306 g/mol. The van der Waals surface area contributed by atoms with Gasteiger partial charge in [-0.2, -0.15) is 0 Å². The van der Waals surface area contributed by atoms with Crippen LogP contribution in [-0.2, 0) is 24.2 Å². The molecule has 21 heavy (non-hydrogen) atoms. The summed E-state index contributed by atoms with van der Waals surface area (Å²) in [7, 11) is 0. The monoisotopic (exact) mass is 306 g/mol. The Morgan fingerprint density at radius 2 is 2.38 bits per heavy atom. The summed E-state index contributed by atoms with van der Waals surface area (Å²) >= 11 is 1.64. The van der Waals surface area contributed by atoms with Crippen LogP contribution in [0.25, 0.3) is 10.2 Å². The zero-order valence-electron chi connectivity index (χ0n) is 12.0. The quantitative estimate of drug-likeness (QED) is 0.941. The zero-order chi connectivity index (χ0) is 15.0. The van der Waals surface area contributed by atoms with Crippen LogP contribution in [0.2, 0.25) is 0 Å². The van der Waals surface area contributed by atoms with Crippen LogP contribution in [0.1, 0.15) is 36.6 Å². The van der Waals surface area contributed by atoms with Gasteiger partial charge >= 0.3 is 5.97 Å². The van der Waals surface area contributed by atoms with Gasteiger partial charge in [0.1, 0.15) is 4.83 Å². The Morgan fingerprint density at radius 3 is 3.14 bits per heavy atom. The number of aryl methyl sites for hydroxylation is 2. The van der Waals surface area contributed by atoms with Gasteiger partial charge in [0.2, 0.25) is 0 Å². The van der Waals surface area contributed by atoms with E-state index in [9.17, 15) is 9.59 Å². The lowest BCUT2D eigenvalue weighted by Crippen LogP contribution is -2.22. The maximum absolute atomic E-state index is 12.6. The number of hydrogen-bond donors (Lipinski definition) is 1. The van der Waals surface area contributed by atoms with E-state index in [1.807, 2.05) is 0 Å². The maximum atomic E-state index is 12.6. The van der Waals surface area contributed by atoms with E-state index in [1.54, 1.807) is 22.2 Å². The lowest BCUT2D eigenvalue weighted by molar-refractivity contribution is -0.137. The highest BCUT2D eigenvalue weighted by molar-refractivity contribution is 7.18. The summed E-state index contributed by atoms with van der Waals surface area (Å²) in [5.74, 6) is -0.164. The van der Waals surface area contributed by atoms with Crippen molar-refractivity contribution in [2.45, 2.75) is 45.6 Å². The number of carboxylic acids is 1. The fourth-order valence-electron chi connectivity index (χ4n) is 2.93. The van der Waals surface area contributed by atoms with Crippen LogP contribution in [0.15, 0.2) is 11.1 Å². The molecule has 6 heteroatoms. The van der Waals surface area contributed by atoms with E-state index in [2.05, 4.69) is 11.9 Å². The standard InChI is InChI=1S/C15H18N2O3S/c1-9-4-5-10-11(7-9)21-14-13(10)15(20)17(8-16-14)6-2-3-12(18)19/h8-9H,2-7H2,1H3,(H,18,19). The second kappa shape index (κ2) is 5.60. The van der Waals surface area contributed by atoms with Crippen molar-refractivity contribution >= 4 is 27.5 Å². The van der Waals surface area contributed by atoms with Crippen molar-refractivity contribution in [3.8, 4) is 0 Å². The Bertz CT molecular complexity index is 747. The molecule has 3 rings (SSSR count). The number of hydrogen-bond acceptors (Lipinski definition) is 4. The molecule has 5 nitrogen and oxygen atoms in total. The number of carboxylic acid groups (broad SMARTS) is 1. The molecule has 0 saturated heterocycles. The third-order valence-electron chi connectivity index (χ3n) is 4.07. The Kier molecular flexibility index (Phi) is 3.80. The lowest BCUT2D eigenvalue weighted by atomic mass is 9.89. The molecule has 0 saturated carbocycles. The molecule has 0 aromatic carbocycles. The summed E-state index contributed by atoms with van der Waals surface area (Å²) < 4.78 is 1.55. The van der Waals surface area contributed by atoms with Gasteiger partial charge in [-0.15, -0.1) is 11.3 Å². The number of aliphatic carboxylic acids is 1. The number of nitrogens with zero attached hydrogens (tertiary/aromatic N) is 2. The van der Waals surface area contributed by atoms with Gasteiger partial charge in [-0.1, -0.05) is 6.92 Å². The van der Waals surface area contributed by atoms with Gasteiger partial charge in [0, 0.05) is 17.8 Å². The van der Waals surface area contributed by atoms with Gasteiger partial charge in [-0.05, 0) is 37.2 Å². The summed E-state index contributed by atoms with van der Waals surface area (Å²) in [5, 5.41) is 9.44. The van der Waals surface area contributed by atoms with Crippen LogP contribution in [0.3, 0.4) is 0 Å². The summed E-state index contributed by atoms with van der Waals surface area (Å²) in [6, 6.07) is 0. The summed E-state index contributed by atoms with van der Waals surface area (Å²) in [5.41, 5.74) is 1.16. The molecule has 2 aromatic rings. The Labute approximate surface area is 126 Å². The minimum atomic E-state index is -0.834. The van der Waals surface area contributed by atoms with Crippen LogP contribution in [-0.4, -0.2) is 20.6 Å². The lowest BCUT2D eigenvalue weighted by Gasteiger charge is -2.17. The fourth-order valence-corrected chi connectivity index (χ4v) is 4.27. The van der Waals surface area contributed by atoms with Crippen molar-refractivity contribution in [3.05, 3.63) is 27.1 Å². The normalized spacial score (nSPS) is 17.9. The number of fused-ring (bicyclic) bond motifs is 3. The maximum Gasteiger partial charge on any atom is 0.303 e. The van der Waals surface area contributed by atoms with E-state index >= 15 is 0 Å². The molecule has 0 amide bonds. The van der Waals surface area contributed by atoms with Crippen molar-refractivity contribution in [2.24, 2.45) is 5.92 Å². The Morgan fingerprint density at radius 1 is 1.57 bits per heavy atom. The van der Waals surface area contributed by atoms with Gasteiger partial charge in [0.25, 0.3) is 5.56 Å². The Balaban J connectivity index is 1.96. The van der Waals surface area contributed by atoms with Crippen LogP contribution >= 0.6 is 11.3 Å². The number of carbonyl (C=O) groups is 1. The predicted octanol–water partition coefficient (Wildman–Crippen LogP) is 2.45. The molecule has 1 N–H and O–H groups in total. The van der Waals surface area contributed by atoms with Crippen LogP contribution in [0.4, 0.5) is 0 Å². The second-order valence-corrected chi connectivity index (χ2v) is 6.86. The zero-order valence-corrected chi connectivity index (χ0v) is 12.8. The molecule has 1 aliphatic carbocycles. The van der Waals surface area contributed by atoms with Crippen LogP contribution in [0.5, 0.6) is 0 Å². The molecular formula is C15H18N2O3S. The highest BCUT2D eigenvalue weighted by atomic mass is 32.1. The van der Waals surface area contributed by atoms with Gasteiger partial charge in [-0.3, -0.25) is 14.2 Å². The van der Waals surface area contributed by atoms with E-state index in [1.165, 1.54) is 10.4 Å². The van der Waals surface area contributed by atoms with E-state index in [4.69, 9.17) is 5.11 Å².